The fraction of sp³-hybridized carbons (Fsp3) is 0.533. The number of para-hydroxylation sites is 2. The van der Waals surface area contributed by atoms with Gasteiger partial charge in [0.15, 0.2) is 0 Å². The van der Waals surface area contributed by atoms with Gasteiger partial charge in [0.2, 0.25) is 0 Å². The van der Waals surface area contributed by atoms with Crippen LogP contribution in [0.3, 0.4) is 0 Å². The molecule has 0 heterocycles. The number of carboxylic acid groups (broad SMARTS) is 1. The van der Waals surface area contributed by atoms with E-state index in [-0.39, 0.29) is 12.2 Å². The highest BCUT2D eigenvalue weighted by molar-refractivity contribution is 5.76. The van der Waals surface area contributed by atoms with E-state index in [1.807, 2.05) is 0 Å². The van der Waals surface area contributed by atoms with Gasteiger partial charge in [-0.3, -0.25) is 14.9 Å². The van der Waals surface area contributed by atoms with E-state index in [0.29, 0.717) is 24.4 Å². The van der Waals surface area contributed by atoms with Crippen LogP contribution >= 0.6 is 0 Å². The van der Waals surface area contributed by atoms with Gasteiger partial charge >= 0.3 is 5.97 Å². The topological polar surface area (TPSA) is 92.5 Å². The van der Waals surface area contributed by atoms with Crippen molar-refractivity contribution in [2.45, 2.75) is 32.6 Å². The predicted octanol–water partition coefficient (Wildman–Crippen LogP) is 3.29. The minimum Gasteiger partial charge on any atom is -0.481 e. The van der Waals surface area contributed by atoms with E-state index in [1.165, 1.54) is 6.07 Å². The third kappa shape index (κ3) is 3.32. The number of carbonyl (C=O) groups is 1. The second-order valence-electron chi connectivity index (χ2n) is 5.90. The standard InChI is InChI=1S/C15H20N2O4/c1-11-6-8-15(9-7-11,14(18)19)10-16-12-4-2-3-5-13(12)17(20)21/h2-5,11,16H,6-10H2,1H3,(H,18,19). The van der Waals surface area contributed by atoms with Gasteiger partial charge in [0, 0.05) is 12.6 Å². The molecule has 6 nitrogen and oxygen atoms in total. The summed E-state index contributed by atoms with van der Waals surface area (Å²) in [7, 11) is 0. The molecule has 0 spiro atoms. The SMILES string of the molecule is CC1CCC(CNc2ccccc2[N+](=O)[O-])(C(=O)O)CC1. The molecule has 1 aromatic carbocycles. The smallest absolute Gasteiger partial charge is 0.311 e. The minimum atomic E-state index is -0.823. The number of nitro groups is 1. The summed E-state index contributed by atoms with van der Waals surface area (Å²) in [4.78, 5) is 22.2. The largest absolute Gasteiger partial charge is 0.481 e. The van der Waals surface area contributed by atoms with Crippen LogP contribution in [-0.4, -0.2) is 22.5 Å². The molecule has 1 aliphatic carbocycles. The molecule has 0 atom stereocenters. The maximum Gasteiger partial charge on any atom is 0.311 e. The molecule has 1 saturated carbocycles. The number of carboxylic acids is 1. The molecular formula is C15H20N2O4. The molecule has 0 radical (unpaired) electrons. The molecule has 0 amide bonds. The molecule has 0 unspecified atom stereocenters. The molecule has 1 fully saturated rings. The first kappa shape index (κ1) is 15.3. The lowest BCUT2D eigenvalue weighted by Crippen LogP contribution is -2.41. The van der Waals surface area contributed by atoms with Crippen LogP contribution in [0.1, 0.15) is 32.6 Å². The Bertz CT molecular complexity index is 536. The van der Waals surface area contributed by atoms with Crippen LogP contribution in [0.2, 0.25) is 0 Å². The molecule has 0 aliphatic heterocycles. The summed E-state index contributed by atoms with van der Waals surface area (Å²) in [5.74, 6) is -0.274. The van der Waals surface area contributed by atoms with Crippen LogP contribution < -0.4 is 5.32 Å². The normalized spacial score (nSPS) is 25.3. The Morgan fingerprint density at radius 1 is 1.43 bits per heavy atom. The van der Waals surface area contributed by atoms with Crippen LogP contribution in [0, 0.1) is 21.4 Å². The Hall–Kier alpha value is -2.11. The van der Waals surface area contributed by atoms with Crippen molar-refractivity contribution >= 4 is 17.3 Å². The van der Waals surface area contributed by atoms with Crippen molar-refractivity contribution < 1.29 is 14.8 Å². The van der Waals surface area contributed by atoms with Gasteiger partial charge in [0.25, 0.3) is 5.69 Å². The number of benzene rings is 1. The molecule has 1 aliphatic rings. The van der Waals surface area contributed by atoms with Gasteiger partial charge in [0.05, 0.1) is 10.3 Å². The number of nitro benzene ring substituents is 1. The number of hydrogen-bond acceptors (Lipinski definition) is 4. The van der Waals surface area contributed by atoms with Crippen LogP contribution in [0.4, 0.5) is 11.4 Å². The Morgan fingerprint density at radius 3 is 2.62 bits per heavy atom. The first-order valence-corrected chi connectivity index (χ1v) is 7.15. The Balaban J connectivity index is 2.13. The molecule has 114 valence electrons. The third-order valence-corrected chi connectivity index (χ3v) is 4.40. The summed E-state index contributed by atoms with van der Waals surface area (Å²) in [6.45, 7) is 2.35. The van der Waals surface area contributed by atoms with Crippen LogP contribution in [0.15, 0.2) is 24.3 Å². The number of nitrogens with one attached hydrogen (secondary N) is 1. The summed E-state index contributed by atoms with van der Waals surface area (Å²) in [5, 5.41) is 23.5. The molecule has 21 heavy (non-hydrogen) atoms. The summed E-state index contributed by atoms with van der Waals surface area (Å²) in [6.07, 6.45) is 2.98. The molecule has 2 N–H and O–H groups in total. The van der Waals surface area contributed by atoms with Crippen molar-refractivity contribution in [3.63, 3.8) is 0 Å². The second kappa shape index (κ2) is 6.11. The van der Waals surface area contributed by atoms with Crippen LogP contribution in [0.5, 0.6) is 0 Å². The Kier molecular flexibility index (Phi) is 4.45. The van der Waals surface area contributed by atoms with Crippen molar-refractivity contribution in [3.05, 3.63) is 34.4 Å². The Labute approximate surface area is 123 Å². The van der Waals surface area contributed by atoms with E-state index in [9.17, 15) is 20.0 Å². The van der Waals surface area contributed by atoms with Gasteiger partial charge in [-0.05, 0) is 37.7 Å². The van der Waals surface area contributed by atoms with E-state index >= 15 is 0 Å². The fourth-order valence-electron chi connectivity index (χ4n) is 2.83. The van der Waals surface area contributed by atoms with Crippen LogP contribution in [0.25, 0.3) is 0 Å². The van der Waals surface area contributed by atoms with Crippen molar-refractivity contribution in [2.75, 3.05) is 11.9 Å². The zero-order valence-electron chi connectivity index (χ0n) is 12.0. The summed E-state index contributed by atoms with van der Waals surface area (Å²) in [5.41, 5.74) is -0.472. The van der Waals surface area contributed by atoms with Gasteiger partial charge in [0.1, 0.15) is 5.69 Å². The van der Waals surface area contributed by atoms with Gasteiger partial charge in [-0.15, -0.1) is 0 Å². The Morgan fingerprint density at radius 2 is 2.05 bits per heavy atom. The lowest BCUT2D eigenvalue weighted by atomic mass is 9.71. The van der Waals surface area contributed by atoms with E-state index in [4.69, 9.17) is 0 Å². The molecular weight excluding hydrogens is 272 g/mol. The molecule has 6 heteroatoms. The zero-order valence-corrected chi connectivity index (χ0v) is 12.0. The highest BCUT2D eigenvalue weighted by Gasteiger charge is 2.41. The number of rotatable bonds is 5. The average Bonchev–Trinajstić information content (AvgIpc) is 2.47. The highest BCUT2D eigenvalue weighted by atomic mass is 16.6. The maximum absolute atomic E-state index is 11.6. The molecule has 0 aromatic heterocycles. The lowest BCUT2D eigenvalue weighted by molar-refractivity contribution is -0.384. The first-order valence-electron chi connectivity index (χ1n) is 7.15. The van der Waals surface area contributed by atoms with Crippen molar-refractivity contribution in [3.8, 4) is 0 Å². The number of aliphatic carboxylic acids is 1. The predicted molar refractivity (Wildman–Crippen MR) is 79.3 cm³/mol. The first-order chi connectivity index (χ1) is 9.94. The summed E-state index contributed by atoms with van der Waals surface area (Å²) < 4.78 is 0. The van der Waals surface area contributed by atoms with Crippen molar-refractivity contribution in [1.82, 2.24) is 0 Å². The van der Waals surface area contributed by atoms with Gasteiger partial charge in [-0.1, -0.05) is 19.1 Å². The number of anilines is 1. The third-order valence-electron chi connectivity index (χ3n) is 4.40. The molecule has 0 saturated heterocycles. The fourth-order valence-corrected chi connectivity index (χ4v) is 2.83. The molecule has 0 bridgehead atoms. The van der Waals surface area contributed by atoms with Gasteiger partial charge in [-0.2, -0.15) is 0 Å². The summed E-state index contributed by atoms with van der Waals surface area (Å²) in [6, 6.07) is 6.32. The average molecular weight is 292 g/mol. The van der Waals surface area contributed by atoms with Crippen LogP contribution in [-0.2, 0) is 4.79 Å². The molecule has 2 rings (SSSR count). The van der Waals surface area contributed by atoms with Crippen molar-refractivity contribution in [1.29, 1.82) is 0 Å². The molecule has 1 aromatic rings. The second-order valence-corrected chi connectivity index (χ2v) is 5.90. The lowest BCUT2D eigenvalue weighted by Gasteiger charge is -2.36. The van der Waals surface area contributed by atoms with E-state index in [2.05, 4.69) is 12.2 Å². The summed E-state index contributed by atoms with van der Waals surface area (Å²) >= 11 is 0. The maximum atomic E-state index is 11.6. The zero-order chi connectivity index (χ0) is 15.5. The van der Waals surface area contributed by atoms with E-state index in [0.717, 1.165) is 12.8 Å². The van der Waals surface area contributed by atoms with E-state index < -0.39 is 16.3 Å². The quantitative estimate of drug-likeness (QED) is 0.641. The number of nitrogens with zero attached hydrogens (tertiary/aromatic N) is 1. The van der Waals surface area contributed by atoms with Crippen molar-refractivity contribution in [2.24, 2.45) is 11.3 Å². The van der Waals surface area contributed by atoms with E-state index in [1.54, 1.807) is 18.2 Å². The van der Waals surface area contributed by atoms with Gasteiger partial charge in [-0.25, -0.2) is 0 Å². The number of hydrogen-bond donors (Lipinski definition) is 2. The minimum absolute atomic E-state index is 0.0257. The highest BCUT2D eigenvalue weighted by Crippen LogP contribution is 2.39. The van der Waals surface area contributed by atoms with Gasteiger partial charge < -0.3 is 10.4 Å². The monoisotopic (exact) mass is 292 g/mol.